The Kier molecular flexibility index (Phi) is 4.15. The van der Waals surface area contributed by atoms with Crippen molar-refractivity contribution in [2.75, 3.05) is 0 Å². The number of aryl methyl sites for hydroxylation is 1. The van der Waals surface area contributed by atoms with Crippen molar-refractivity contribution in [3.05, 3.63) is 29.0 Å². The largest absolute Gasteiger partial charge is 0.370 e. The first-order valence-electron chi connectivity index (χ1n) is 4.75. The van der Waals surface area contributed by atoms with E-state index in [1.165, 1.54) is 0 Å². The van der Waals surface area contributed by atoms with Crippen LogP contribution < -0.4 is 11.5 Å². The summed E-state index contributed by atoms with van der Waals surface area (Å²) < 4.78 is 1.61. The molecule has 0 aliphatic carbocycles. The van der Waals surface area contributed by atoms with Gasteiger partial charge in [-0.3, -0.25) is 4.79 Å². The van der Waals surface area contributed by atoms with E-state index in [1.54, 1.807) is 29.8 Å². The minimum atomic E-state index is -0.583. The van der Waals surface area contributed by atoms with Crippen molar-refractivity contribution in [2.45, 2.75) is 0 Å². The molecule has 0 radical (unpaired) electrons. The van der Waals surface area contributed by atoms with Gasteiger partial charge in [0.1, 0.15) is 0 Å². The molecule has 1 aromatic heterocycles. The zero-order chi connectivity index (χ0) is 12.6. The Morgan fingerprint density at radius 1 is 1.44 bits per heavy atom. The van der Waals surface area contributed by atoms with E-state index in [0.29, 0.717) is 10.5 Å². The summed E-state index contributed by atoms with van der Waals surface area (Å²) in [5.41, 5.74) is 11.7. The monoisotopic (exact) mass is 287 g/mol. The maximum absolute atomic E-state index is 11.7. The Balaban J connectivity index is 0.00000162. The third-order valence-corrected chi connectivity index (χ3v) is 2.50. The van der Waals surface area contributed by atoms with Crippen LogP contribution in [0.1, 0.15) is 10.6 Å². The number of hydrogen-bond donors (Lipinski definition) is 2. The van der Waals surface area contributed by atoms with Crippen molar-refractivity contribution in [3.8, 4) is 0 Å². The van der Waals surface area contributed by atoms with Gasteiger partial charge in [-0.1, -0.05) is 11.6 Å². The number of nitrogens with two attached hydrogens (primary N) is 2. The molecule has 0 aliphatic rings. The minimum Gasteiger partial charge on any atom is -0.370 e. The Bertz CT molecular complexity index is 630. The molecule has 1 heterocycles. The molecular formula is C10H11Cl2N5O. The van der Waals surface area contributed by atoms with E-state index in [4.69, 9.17) is 23.1 Å². The lowest BCUT2D eigenvalue weighted by Crippen LogP contribution is -2.24. The highest BCUT2D eigenvalue weighted by Crippen LogP contribution is 2.19. The molecule has 1 aromatic carbocycles. The molecule has 8 heteroatoms. The molecule has 2 rings (SSSR count). The molecule has 0 bridgehead atoms. The molecule has 4 N–H and O–H groups in total. The maximum atomic E-state index is 11.7. The van der Waals surface area contributed by atoms with E-state index in [1.807, 2.05) is 0 Å². The minimum absolute atomic E-state index is 0. The number of nitrogens with zero attached hydrogens (tertiary/aromatic N) is 3. The van der Waals surface area contributed by atoms with Gasteiger partial charge < -0.3 is 16.0 Å². The molecule has 0 saturated carbocycles. The van der Waals surface area contributed by atoms with Gasteiger partial charge in [0, 0.05) is 12.1 Å². The first-order valence-corrected chi connectivity index (χ1v) is 5.13. The maximum Gasteiger partial charge on any atom is 0.316 e. The molecule has 0 atom stereocenters. The molecule has 0 saturated heterocycles. The van der Waals surface area contributed by atoms with Gasteiger partial charge in [0.2, 0.25) is 5.82 Å². The van der Waals surface area contributed by atoms with Crippen LogP contribution in [-0.4, -0.2) is 21.4 Å². The zero-order valence-corrected chi connectivity index (χ0v) is 11.0. The first kappa shape index (κ1) is 14.3. The predicted octanol–water partition coefficient (Wildman–Crippen LogP) is 1.06. The number of rotatable bonds is 1. The van der Waals surface area contributed by atoms with E-state index in [2.05, 4.69) is 9.98 Å². The van der Waals surface area contributed by atoms with E-state index in [0.717, 1.165) is 5.52 Å². The molecule has 96 valence electrons. The molecule has 2 aromatic rings. The fourth-order valence-electron chi connectivity index (χ4n) is 1.53. The highest BCUT2D eigenvalue weighted by Gasteiger charge is 2.14. The van der Waals surface area contributed by atoms with E-state index in [-0.39, 0.29) is 24.2 Å². The number of hydrogen-bond acceptors (Lipinski definition) is 2. The van der Waals surface area contributed by atoms with Gasteiger partial charge in [-0.15, -0.1) is 12.4 Å². The second kappa shape index (κ2) is 5.24. The summed E-state index contributed by atoms with van der Waals surface area (Å²) >= 11 is 5.84. The van der Waals surface area contributed by atoms with Crippen LogP contribution >= 0.6 is 24.0 Å². The van der Waals surface area contributed by atoms with Crippen LogP contribution in [0.2, 0.25) is 5.02 Å². The molecule has 1 amide bonds. The number of aliphatic imine (C=N–C) groups is 1. The van der Waals surface area contributed by atoms with Gasteiger partial charge in [-0.2, -0.15) is 4.99 Å². The summed E-state index contributed by atoms with van der Waals surface area (Å²) in [5.74, 6) is -0.712. The number of carbonyl (C=O) groups is 1. The number of guanidine groups is 1. The Morgan fingerprint density at radius 2 is 2.11 bits per heavy atom. The average molecular weight is 288 g/mol. The van der Waals surface area contributed by atoms with Crippen molar-refractivity contribution in [1.29, 1.82) is 0 Å². The SMILES string of the molecule is Cl.Cn1c(C(=O)N=C(N)N)nc2cc(Cl)ccc21. The van der Waals surface area contributed by atoms with E-state index in [9.17, 15) is 4.79 Å². The summed E-state index contributed by atoms with van der Waals surface area (Å²) in [6, 6.07) is 5.17. The highest BCUT2D eigenvalue weighted by molar-refractivity contribution is 6.31. The predicted molar refractivity (Wildman–Crippen MR) is 73.1 cm³/mol. The Labute approximate surface area is 114 Å². The van der Waals surface area contributed by atoms with Crippen LogP contribution in [0, 0.1) is 0 Å². The molecule has 6 nitrogen and oxygen atoms in total. The van der Waals surface area contributed by atoms with Gasteiger partial charge in [-0.05, 0) is 18.2 Å². The summed E-state index contributed by atoms with van der Waals surface area (Å²) in [4.78, 5) is 19.2. The second-order valence-corrected chi connectivity index (χ2v) is 3.91. The van der Waals surface area contributed by atoms with Crippen LogP contribution in [0.5, 0.6) is 0 Å². The second-order valence-electron chi connectivity index (χ2n) is 3.47. The summed E-state index contributed by atoms with van der Waals surface area (Å²) in [6.45, 7) is 0. The third kappa shape index (κ3) is 2.55. The molecule has 0 spiro atoms. The van der Waals surface area contributed by atoms with Crippen LogP contribution in [0.4, 0.5) is 0 Å². The number of halogens is 2. The summed E-state index contributed by atoms with van der Waals surface area (Å²) in [6.07, 6.45) is 0. The first-order chi connectivity index (χ1) is 7.99. The smallest absolute Gasteiger partial charge is 0.316 e. The number of amides is 1. The van der Waals surface area contributed by atoms with Gasteiger partial charge >= 0.3 is 5.91 Å². The van der Waals surface area contributed by atoms with Gasteiger partial charge in [0.25, 0.3) is 0 Å². The van der Waals surface area contributed by atoms with Crippen molar-refractivity contribution in [3.63, 3.8) is 0 Å². The van der Waals surface area contributed by atoms with E-state index < -0.39 is 5.91 Å². The fourth-order valence-corrected chi connectivity index (χ4v) is 1.70. The lowest BCUT2D eigenvalue weighted by atomic mass is 10.3. The van der Waals surface area contributed by atoms with Gasteiger partial charge in [0.05, 0.1) is 11.0 Å². The number of carbonyl (C=O) groups excluding carboxylic acids is 1. The summed E-state index contributed by atoms with van der Waals surface area (Å²) in [5, 5.41) is 0.552. The quantitative estimate of drug-likeness (QED) is 0.605. The van der Waals surface area contributed by atoms with Crippen molar-refractivity contribution in [1.82, 2.24) is 9.55 Å². The number of aromatic nitrogens is 2. The van der Waals surface area contributed by atoms with Gasteiger partial charge in [0.15, 0.2) is 5.96 Å². The van der Waals surface area contributed by atoms with Crippen LogP contribution in [0.25, 0.3) is 11.0 Å². The third-order valence-electron chi connectivity index (χ3n) is 2.26. The van der Waals surface area contributed by atoms with Crippen molar-refractivity contribution in [2.24, 2.45) is 23.5 Å². The Morgan fingerprint density at radius 3 is 2.72 bits per heavy atom. The number of benzene rings is 1. The normalized spacial score (nSPS) is 9.89. The lowest BCUT2D eigenvalue weighted by molar-refractivity contribution is 0.0990. The highest BCUT2D eigenvalue weighted by atomic mass is 35.5. The molecular weight excluding hydrogens is 277 g/mol. The van der Waals surface area contributed by atoms with Crippen LogP contribution in [0.15, 0.2) is 23.2 Å². The number of fused-ring (bicyclic) bond motifs is 1. The fraction of sp³-hybridized carbons (Fsp3) is 0.100. The van der Waals surface area contributed by atoms with Crippen molar-refractivity contribution >= 4 is 46.9 Å². The zero-order valence-electron chi connectivity index (χ0n) is 9.42. The molecule has 18 heavy (non-hydrogen) atoms. The van der Waals surface area contributed by atoms with Gasteiger partial charge in [-0.25, -0.2) is 4.98 Å². The molecule has 0 unspecified atom stereocenters. The molecule has 0 fully saturated rings. The van der Waals surface area contributed by atoms with Crippen molar-refractivity contribution < 1.29 is 4.79 Å². The topological polar surface area (TPSA) is 99.3 Å². The molecule has 0 aliphatic heterocycles. The number of imidazole rings is 1. The summed E-state index contributed by atoms with van der Waals surface area (Å²) in [7, 11) is 1.71. The van der Waals surface area contributed by atoms with Crippen LogP contribution in [-0.2, 0) is 7.05 Å². The van der Waals surface area contributed by atoms with E-state index >= 15 is 0 Å². The standard InChI is InChI=1S/C10H10ClN5O.ClH/c1-16-7-3-2-5(11)4-6(7)14-8(16)9(17)15-10(12)13;/h2-4H,1H3,(H4,12,13,15,17);1H. The van der Waals surface area contributed by atoms with Crippen LogP contribution in [0.3, 0.4) is 0 Å². The lowest BCUT2D eigenvalue weighted by Gasteiger charge is -1.97. The average Bonchev–Trinajstić information content (AvgIpc) is 2.54. The Hall–Kier alpha value is -1.79.